The molecule has 1 aromatic rings. The maximum Gasteiger partial charge on any atom is 0.0398 e. The van der Waals surface area contributed by atoms with Crippen molar-refractivity contribution in [3.63, 3.8) is 0 Å². The Bertz CT molecular complexity index is 349. The zero-order valence-corrected chi connectivity index (χ0v) is 11.1. The summed E-state index contributed by atoms with van der Waals surface area (Å²) < 4.78 is 0. The highest BCUT2D eigenvalue weighted by molar-refractivity contribution is 5.53. The van der Waals surface area contributed by atoms with E-state index in [2.05, 4.69) is 48.3 Å². The summed E-state index contributed by atoms with van der Waals surface area (Å²) in [5.41, 5.74) is 2.93. The van der Waals surface area contributed by atoms with Crippen LogP contribution >= 0.6 is 0 Å². The highest BCUT2D eigenvalue weighted by Crippen LogP contribution is 2.22. The Morgan fingerprint density at radius 1 is 1.35 bits per heavy atom. The van der Waals surface area contributed by atoms with Crippen LogP contribution in [0.15, 0.2) is 24.3 Å². The molecule has 0 spiro atoms. The lowest BCUT2D eigenvalue weighted by molar-refractivity contribution is 0.467. The van der Waals surface area contributed by atoms with Crippen molar-refractivity contribution >= 4 is 5.69 Å². The number of nitrogens with one attached hydrogen (secondary N) is 1. The van der Waals surface area contributed by atoms with Crippen molar-refractivity contribution in [2.24, 2.45) is 5.92 Å². The normalized spacial score (nSPS) is 22.0. The topological polar surface area (TPSA) is 15.3 Å². The smallest absolute Gasteiger partial charge is 0.0398 e. The van der Waals surface area contributed by atoms with Gasteiger partial charge in [0.1, 0.15) is 0 Å². The van der Waals surface area contributed by atoms with Crippen LogP contribution in [0.25, 0.3) is 0 Å². The first-order valence-corrected chi connectivity index (χ1v) is 6.85. The first kappa shape index (κ1) is 12.4. The molecule has 0 aliphatic carbocycles. The van der Waals surface area contributed by atoms with Crippen LogP contribution in [-0.4, -0.2) is 26.2 Å². The van der Waals surface area contributed by atoms with Gasteiger partial charge >= 0.3 is 0 Å². The highest BCUT2D eigenvalue weighted by Gasteiger charge is 2.15. The highest BCUT2D eigenvalue weighted by atomic mass is 15.1. The molecule has 2 heteroatoms. The lowest BCUT2D eigenvalue weighted by Gasteiger charge is -2.32. The minimum atomic E-state index is 0.722. The molecule has 1 atom stereocenters. The average molecular weight is 232 g/mol. The minimum Gasteiger partial charge on any atom is -0.371 e. The van der Waals surface area contributed by atoms with Gasteiger partial charge in [-0.15, -0.1) is 0 Å². The number of rotatable bonds is 2. The van der Waals surface area contributed by atoms with Gasteiger partial charge in [0.2, 0.25) is 0 Å². The second-order valence-corrected chi connectivity index (χ2v) is 5.09. The lowest BCUT2D eigenvalue weighted by atomic mass is 10.1. The van der Waals surface area contributed by atoms with Crippen LogP contribution < -0.4 is 10.2 Å². The minimum absolute atomic E-state index is 0.722. The molecule has 1 aliphatic rings. The van der Waals surface area contributed by atoms with E-state index in [0.29, 0.717) is 0 Å². The first-order valence-electron chi connectivity index (χ1n) is 6.85. The number of hydrogen-bond acceptors (Lipinski definition) is 2. The molecule has 0 amide bonds. The summed E-state index contributed by atoms with van der Waals surface area (Å²) in [7, 11) is 0. The molecule has 1 aromatic carbocycles. The summed E-state index contributed by atoms with van der Waals surface area (Å²) in [6.07, 6.45) is 2.37. The summed E-state index contributed by atoms with van der Waals surface area (Å²) in [6, 6.07) is 8.85. The molecule has 0 radical (unpaired) electrons. The van der Waals surface area contributed by atoms with Crippen LogP contribution in [0.1, 0.15) is 25.8 Å². The average Bonchev–Trinajstić information content (AvgIpc) is 2.33. The van der Waals surface area contributed by atoms with E-state index in [4.69, 9.17) is 0 Å². The van der Waals surface area contributed by atoms with Crippen molar-refractivity contribution < 1.29 is 0 Å². The van der Waals surface area contributed by atoms with E-state index in [0.717, 1.165) is 25.4 Å². The SMILES string of the molecule is CCc1ccccc1N1CCCNCC(C)C1. The largest absolute Gasteiger partial charge is 0.371 e. The monoisotopic (exact) mass is 232 g/mol. The van der Waals surface area contributed by atoms with Gasteiger partial charge in [0.05, 0.1) is 0 Å². The Kier molecular flexibility index (Phi) is 4.43. The maximum absolute atomic E-state index is 3.51. The summed E-state index contributed by atoms with van der Waals surface area (Å²) in [4.78, 5) is 2.57. The Hall–Kier alpha value is -1.02. The van der Waals surface area contributed by atoms with Crippen molar-refractivity contribution in [3.8, 4) is 0 Å². The van der Waals surface area contributed by atoms with E-state index in [1.807, 2.05) is 0 Å². The zero-order valence-electron chi connectivity index (χ0n) is 11.1. The third-order valence-electron chi connectivity index (χ3n) is 3.52. The number of nitrogens with zero attached hydrogens (tertiary/aromatic N) is 1. The predicted molar refractivity (Wildman–Crippen MR) is 74.7 cm³/mol. The number of anilines is 1. The van der Waals surface area contributed by atoms with Crippen LogP contribution in [0.5, 0.6) is 0 Å². The van der Waals surface area contributed by atoms with E-state index < -0.39 is 0 Å². The van der Waals surface area contributed by atoms with Gasteiger partial charge < -0.3 is 10.2 Å². The van der Waals surface area contributed by atoms with Crippen molar-refractivity contribution in [1.82, 2.24) is 5.32 Å². The molecule has 1 fully saturated rings. The van der Waals surface area contributed by atoms with Gasteiger partial charge in [0.15, 0.2) is 0 Å². The number of hydrogen-bond donors (Lipinski definition) is 1. The molecule has 0 bridgehead atoms. The van der Waals surface area contributed by atoms with Crippen molar-refractivity contribution in [2.45, 2.75) is 26.7 Å². The van der Waals surface area contributed by atoms with Gasteiger partial charge in [-0.05, 0) is 43.5 Å². The van der Waals surface area contributed by atoms with E-state index in [-0.39, 0.29) is 0 Å². The molecule has 94 valence electrons. The van der Waals surface area contributed by atoms with E-state index in [1.165, 1.54) is 30.8 Å². The third-order valence-corrected chi connectivity index (χ3v) is 3.52. The van der Waals surface area contributed by atoms with E-state index in [1.54, 1.807) is 0 Å². The standard InChI is InChI=1S/C15H24N2/c1-3-14-7-4-5-8-15(14)17-10-6-9-16-11-13(2)12-17/h4-5,7-8,13,16H,3,6,9-12H2,1-2H3. The summed E-state index contributed by atoms with van der Waals surface area (Å²) in [6.45, 7) is 9.21. The fraction of sp³-hybridized carbons (Fsp3) is 0.600. The Morgan fingerprint density at radius 3 is 3.00 bits per heavy atom. The second-order valence-electron chi connectivity index (χ2n) is 5.09. The Labute approximate surface area is 105 Å². The van der Waals surface area contributed by atoms with Gasteiger partial charge in [-0.2, -0.15) is 0 Å². The quantitative estimate of drug-likeness (QED) is 0.843. The summed E-state index contributed by atoms with van der Waals surface area (Å²) >= 11 is 0. The molecule has 1 heterocycles. The first-order chi connectivity index (χ1) is 8.31. The molecule has 1 N–H and O–H groups in total. The number of aryl methyl sites for hydroxylation is 1. The van der Waals surface area contributed by atoms with E-state index in [9.17, 15) is 0 Å². The van der Waals surface area contributed by atoms with Crippen LogP contribution in [0, 0.1) is 5.92 Å². The molecule has 1 aliphatic heterocycles. The van der Waals surface area contributed by atoms with Crippen molar-refractivity contribution in [1.29, 1.82) is 0 Å². The molecular weight excluding hydrogens is 208 g/mol. The predicted octanol–water partition coefficient (Wildman–Crippen LogP) is 2.68. The van der Waals surface area contributed by atoms with Crippen LogP contribution in [0.2, 0.25) is 0 Å². The molecule has 17 heavy (non-hydrogen) atoms. The van der Waals surface area contributed by atoms with Gasteiger partial charge in [-0.3, -0.25) is 0 Å². The van der Waals surface area contributed by atoms with Gasteiger partial charge in [0, 0.05) is 18.8 Å². The van der Waals surface area contributed by atoms with Gasteiger partial charge in [0.25, 0.3) is 0 Å². The second kappa shape index (κ2) is 6.06. The van der Waals surface area contributed by atoms with Gasteiger partial charge in [-0.25, -0.2) is 0 Å². The van der Waals surface area contributed by atoms with E-state index >= 15 is 0 Å². The molecule has 2 nitrogen and oxygen atoms in total. The zero-order chi connectivity index (χ0) is 12.1. The van der Waals surface area contributed by atoms with Crippen molar-refractivity contribution in [3.05, 3.63) is 29.8 Å². The third kappa shape index (κ3) is 3.22. The Morgan fingerprint density at radius 2 is 2.18 bits per heavy atom. The Balaban J connectivity index is 2.17. The maximum atomic E-state index is 3.51. The number of para-hydroxylation sites is 1. The van der Waals surface area contributed by atoms with Crippen LogP contribution in [0.4, 0.5) is 5.69 Å². The summed E-state index contributed by atoms with van der Waals surface area (Å²) in [5.74, 6) is 0.722. The fourth-order valence-corrected chi connectivity index (χ4v) is 2.61. The number of benzene rings is 1. The molecular formula is C15H24N2. The van der Waals surface area contributed by atoms with Crippen molar-refractivity contribution in [2.75, 3.05) is 31.1 Å². The van der Waals surface area contributed by atoms with Crippen LogP contribution in [-0.2, 0) is 6.42 Å². The fourth-order valence-electron chi connectivity index (χ4n) is 2.61. The molecule has 1 saturated heterocycles. The molecule has 2 rings (SSSR count). The lowest BCUT2D eigenvalue weighted by Crippen LogP contribution is -2.39. The molecule has 0 aromatic heterocycles. The van der Waals surface area contributed by atoms with Gasteiger partial charge in [-0.1, -0.05) is 32.0 Å². The molecule has 0 saturated carbocycles. The molecule has 1 unspecified atom stereocenters. The summed E-state index contributed by atoms with van der Waals surface area (Å²) in [5, 5.41) is 3.51. The van der Waals surface area contributed by atoms with Crippen LogP contribution in [0.3, 0.4) is 0 Å².